The fraction of sp³-hybridized carbons (Fsp3) is 0.500. The van der Waals surface area contributed by atoms with E-state index in [0.29, 0.717) is 11.4 Å². The molecule has 0 amide bonds. The molecule has 0 saturated carbocycles. The molecule has 2 aromatic carbocycles. The van der Waals surface area contributed by atoms with Gasteiger partial charge in [-0.2, -0.15) is 0 Å². The highest BCUT2D eigenvalue weighted by atomic mass is 32.2. The fourth-order valence-electron chi connectivity index (χ4n) is 4.70. The summed E-state index contributed by atoms with van der Waals surface area (Å²) in [5, 5.41) is 3.51. The summed E-state index contributed by atoms with van der Waals surface area (Å²) in [4.78, 5) is 14.8. The van der Waals surface area contributed by atoms with Crippen LogP contribution in [0.2, 0.25) is 0 Å². The van der Waals surface area contributed by atoms with Crippen LogP contribution in [-0.4, -0.2) is 70.1 Å². The van der Waals surface area contributed by atoms with E-state index in [2.05, 4.69) is 29.3 Å². The van der Waals surface area contributed by atoms with Gasteiger partial charge in [0.05, 0.1) is 24.1 Å². The first-order chi connectivity index (χ1) is 16.4. The smallest absolute Gasteiger partial charge is 0.308 e. The SMILES string of the molecule is CCNC1CC(C(=O)OC)CCN1CCC(CN(C)S(=O)(=O)c1ccccc1)c1ccccc1. The number of likely N-dealkylation sites (tertiary alicyclic amines) is 1. The van der Waals surface area contributed by atoms with Crippen LogP contribution in [0.3, 0.4) is 0 Å². The lowest BCUT2D eigenvalue weighted by atomic mass is 9.92. The van der Waals surface area contributed by atoms with Gasteiger partial charge in [0.25, 0.3) is 0 Å². The second-order valence-corrected chi connectivity index (χ2v) is 10.9. The van der Waals surface area contributed by atoms with Crippen LogP contribution >= 0.6 is 0 Å². The topological polar surface area (TPSA) is 79.0 Å². The lowest BCUT2D eigenvalue weighted by Crippen LogP contribution is -2.52. The van der Waals surface area contributed by atoms with Gasteiger partial charge >= 0.3 is 5.97 Å². The minimum Gasteiger partial charge on any atom is -0.469 e. The molecule has 1 fully saturated rings. The van der Waals surface area contributed by atoms with Crippen LogP contribution in [0.1, 0.15) is 37.7 Å². The monoisotopic (exact) mass is 487 g/mol. The van der Waals surface area contributed by atoms with Crippen molar-refractivity contribution in [2.75, 3.05) is 40.3 Å². The van der Waals surface area contributed by atoms with E-state index < -0.39 is 10.0 Å². The molecule has 0 radical (unpaired) electrons. The van der Waals surface area contributed by atoms with Gasteiger partial charge in [-0.15, -0.1) is 0 Å². The summed E-state index contributed by atoms with van der Waals surface area (Å²) in [7, 11) is -0.468. The average molecular weight is 488 g/mol. The molecule has 0 spiro atoms. The molecule has 3 rings (SSSR count). The van der Waals surface area contributed by atoms with Crippen molar-refractivity contribution in [2.24, 2.45) is 5.92 Å². The zero-order valence-electron chi connectivity index (χ0n) is 20.4. The number of hydrogen-bond acceptors (Lipinski definition) is 6. The van der Waals surface area contributed by atoms with Crippen molar-refractivity contribution < 1.29 is 17.9 Å². The lowest BCUT2D eigenvalue weighted by molar-refractivity contribution is -0.148. The molecule has 3 atom stereocenters. The highest BCUT2D eigenvalue weighted by molar-refractivity contribution is 7.89. The normalized spacial score (nSPS) is 20.2. The van der Waals surface area contributed by atoms with Gasteiger partial charge in [0, 0.05) is 26.7 Å². The van der Waals surface area contributed by atoms with Crippen molar-refractivity contribution in [3.05, 3.63) is 66.2 Å². The minimum atomic E-state index is -3.57. The van der Waals surface area contributed by atoms with Crippen LogP contribution in [-0.2, 0) is 19.6 Å². The van der Waals surface area contributed by atoms with Crippen LogP contribution in [0.15, 0.2) is 65.6 Å². The number of rotatable bonds is 11. The highest BCUT2D eigenvalue weighted by Crippen LogP contribution is 2.27. The van der Waals surface area contributed by atoms with E-state index in [0.717, 1.165) is 44.5 Å². The molecule has 0 aliphatic carbocycles. The molecule has 186 valence electrons. The maximum atomic E-state index is 13.1. The van der Waals surface area contributed by atoms with Crippen LogP contribution in [0.4, 0.5) is 0 Å². The van der Waals surface area contributed by atoms with Crippen LogP contribution < -0.4 is 5.32 Å². The van der Waals surface area contributed by atoms with Crippen molar-refractivity contribution in [1.29, 1.82) is 0 Å². The van der Waals surface area contributed by atoms with E-state index in [9.17, 15) is 13.2 Å². The Morgan fingerprint density at radius 1 is 1.15 bits per heavy atom. The number of piperidine rings is 1. The van der Waals surface area contributed by atoms with Crippen molar-refractivity contribution in [3.63, 3.8) is 0 Å². The molecule has 1 N–H and O–H groups in total. The molecular weight excluding hydrogens is 450 g/mol. The summed E-state index contributed by atoms with van der Waals surface area (Å²) >= 11 is 0. The number of hydrogen-bond donors (Lipinski definition) is 1. The Balaban J connectivity index is 1.72. The van der Waals surface area contributed by atoms with Crippen molar-refractivity contribution in [3.8, 4) is 0 Å². The molecule has 1 aliphatic rings. The number of nitrogens with zero attached hydrogens (tertiary/aromatic N) is 2. The van der Waals surface area contributed by atoms with Crippen LogP contribution in [0.5, 0.6) is 0 Å². The Morgan fingerprint density at radius 3 is 2.41 bits per heavy atom. The lowest BCUT2D eigenvalue weighted by Gasteiger charge is -2.39. The van der Waals surface area contributed by atoms with Crippen LogP contribution in [0, 0.1) is 5.92 Å². The van der Waals surface area contributed by atoms with Gasteiger partial charge in [0.1, 0.15) is 0 Å². The quantitative estimate of drug-likeness (QED) is 0.490. The summed E-state index contributed by atoms with van der Waals surface area (Å²) in [6.45, 7) is 4.89. The van der Waals surface area contributed by atoms with E-state index in [4.69, 9.17) is 4.74 Å². The molecule has 1 saturated heterocycles. The number of carbonyl (C=O) groups excluding carboxylic acids is 1. The number of likely N-dealkylation sites (N-methyl/N-ethyl adjacent to an activating group) is 1. The molecule has 0 aromatic heterocycles. The first kappa shape index (κ1) is 26.3. The maximum Gasteiger partial charge on any atom is 0.308 e. The van der Waals surface area contributed by atoms with Crippen molar-refractivity contribution >= 4 is 16.0 Å². The largest absolute Gasteiger partial charge is 0.469 e. The summed E-state index contributed by atoms with van der Waals surface area (Å²) < 4.78 is 32.7. The second kappa shape index (κ2) is 12.4. The molecule has 1 aliphatic heterocycles. The van der Waals surface area contributed by atoms with Gasteiger partial charge < -0.3 is 10.1 Å². The van der Waals surface area contributed by atoms with Gasteiger partial charge in [-0.3, -0.25) is 9.69 Å². The van der Waals surface area contributed by atoms with Gasteiger partial charge in [0.15, 0.2) is 0 Å². The molecule has 8 heteroatoms. The summed E-state index contributed by atoms with van der Waals surface area (Å²) in [6, 6.07) is 18.7. The van der Waals surface area contributed by atoms with E-state index in [1.165, 1.54) is 11.4 Å². The summed E-state index contributed by atoms with van der Waals surface area (Å²) in [5.74, 6) is -0.180. The number of ether oxygens (including phenoxy) is 1. The third-order valence-electron chi connectivity index (χ3n) is 6.65. The predicted octanol–water partition coefficient (Wildman–Crippen LogP) is 3.30. The number of carbonyl (C=O) groups is 1. The Kier molecular flexibility index (Phi) is 9.64. The van der Waals surface area contributed by atoms with Crippen LogP contribution in [0.25, 0.3) is 0 Å². The van der Waals surface area contributed by atoms with Crippen molar-refractivity contribution in [2.45, 2.75) is 43.2 Å². The average Bonchev–Trinajstić information content (AvgIpc) is 2.87. The van der Waals surface area contributed by atoms with Crippen molar-refractivity contribution in [1.82, 2.24) is 14.5 Å². The molecule has 1 heterocycles. The van der Waals surface area contributed by atoms with E-state index >= 15 is 0 Å². The summed E-state index contributed by atoms with van der Waals surface area (Å²) in [5.41, 5.74) is 1.13. The second-order valence-electron chi connectivity index (χ2n) is 8.85. The number of benzene rings is 2. The number of esters is 1. The van der Waals surface area contributed by atoms with E-state index in [1.54, 1.807) is 31.3 Å². The number of nitrogens with one attached hydrogen (secondary N) is 1. The highest BCUT2D eigenvalue weighted by Gasteiger charge is 2.33. The standard InChI is InChI=1S/C26H37N3O4S/c1-4-27-25-19-22(26(30)33-3)15-17-29(25)18-16-23(21-11-7-5-8-12-21)20-28(2)34(31,32)24-13-9-6-10-14-24/h5-14,22-23,25,27H,4,15-20H2,1-3H3. The number of methoxy groups -OCH3 is 1. The fourth-order valence-corrected chi connectivity index (χ4v) is 5.94. The number of sulfonamides is 1. The third-order valence-corrected chi connectivity index (χ3v) is 8.49. The maximum absolute atomic E-state index is 13.1. The van der Waals surface area contributed by atoms with Gasteiger partial charge in [0.2, 0.25) is 10.0 Å². The molecule has 7 nitrogen and oxygen atoms in total. The molecule has 0 bridgehead atoms. The van der Waals surface area contributed by atoms with Gasteiger partial charge in [-0.25, -0.2) is 12.7 Å². The molecular formula is C26H37N3O4S. The van der Waals surface area contributed by atoms with E-state index in [1.807, 2.05) is 24.3 Å². The first-order valence-electron chi connectivity index (χ1n) is 12.0. The Labute approximate surface area is 204 Å². The van der Waals surface area contributed by atoms with Gasteiger partial charge in [-0.05, 0) is 49.4 Å². The van der Waals surface area contributed by atoms with Gasteiger partial charge in [-0.1, -0.05) is 55.5 Å². The Hall–Kier alpha value is -2.26. The molecule has 34 heavy (non-hydrogen) atoms. The summed E-state index contributed by atoms with van der Waals surface area (Å²) in [6.07, 6.45) is 2.40. The molecule has 2 aromatic rings. The molecule has 3 unspecified atom stereocenters. The van der Waals surface area contributed by atoms with E-state index in [-0.39, 0.29) is 24.0 Å². The first-order valence-corrected chi connectivity index (χ1v) is 13.4. The minimum absolute atomic E-state index is 0.0466. The zero-order chi connectivity index (χ0) is 24.6. The predicted molar refractivity (Wildman–Crippen MR) is 134 cm³/mol. The zero-order valence-corrected chi connectivity index (χ0v) is 21.2. The Morgan fingerprint density at radius 2 is 1.79 bits per heavy atom. The third kappa shape index (κ3) is 6.66. The Bertz CT molecular complexity index is 1000.